The molecule has 0 spiro atoms. The van der Waals surface area contributed by atoms with Crippen LogP contribution in [0.2, 0.25) is 0 Å². The number of carbonyl (C=O) groups excluding carboxylic acids is 2. The van der Waals surface area contributed by atoms with Gasteiger partial charge in [-0.2, -0.15) is 4.72 Å². The number of nitrogens with one attached hydrogen (secondary N) is 3. The fraction of sp³-hybridized carbons (Fsp3) is 0.111. The molecule has 0 bridgehead atoms. The van der Waals surface area contributed by atoms with Crippen molar-refractivity contribution in [3.8, 4) is 12.3 Å². The Hall–Kier alpha value is -3.35. The van der Waals surface area contributed by atoms with Crippen molar-refractivity contribution >= 4 is 33.4 Å². The number of carbonyl (C=O) groups is 2. The molecular formula is C18H17N3O5S. The first kappa shape index (κ1) is 20.0. The van der Waals surface area contributed by atoms with E-state index in [1.54, 1.807) is 24.3 Å². The Morgan fingerprint density at radius 1 is 1.07 bits per heavy atom. The highest BCUT2D eigenvalue weighted by molar-refractivity contribution is 7.89. The lowest BCUT2D eigenvalue weighted by molar-refractivity contribution is 0.102. The maximum atomic E-state index is 12.4. The summed E-state index contributed by atoms with van der Waals surface area (Å²) >= 11 is 0. The van der Waals surface area contributed by atoms with Crippen LogP contribution < -0.4 is 15.4 Å². The van der Waals surface area contributed by atoms with Crippen molar-refractivity contribution in [2.75, 3.05) is 24.3 Å². The molecule has 0 saturated heterocycles. The van der Waals surface area contributed by atoms with E-state index in [0.717, 1.165) is 0 Å². The molecule has 0 unspecified atom stereocenters. The van der Waals surface area contributed by atoms with Gasteiger partial charge in [0.2, 0.25) is 10.0 Å². The molecule has 2 amide bonds. The fourth-order valence-electron chi connectivity index (χ4n) is 2.03. The van der Waals surface area contributed by atoms with E-state index in [1.165, 1.54) is 31.4 Å². The topological polar surface area (TPSA) is 114 Å². The minimum absolute atomic E-state index is 0.0666. The predicted molar refractivity (Wildman–Crippen MR) is 101 cm³/mol. The lowest BCUT2D eigenvalue weighted by Crippen LogP contribution is -2.24. The minimum atomic E-state index is -3.80. The Morgan fingerprint density at radius 2 is 1.70 bits per heavy atom. The molecule has 2 rings (SSSR count). The summed E-state index contributed by atoms with van der Waals surface area (Å²) in [5.74, 6) is 1.69. The summed E-state index contributed by atoms with van der Waals surface area (Å²) in [6, 6.07) is 11.9. The van der Waals surface area contributed by atoms with Crippen LogP contribution in [0.1, 0.15) is 10.4 Å². The van der Waals surface area contributed by atoms with E-state index in [1.807, 2.05) is 0 Å². The highest BCUT2D eigenvalue weighted by Crippen LogP contribution is 2.16. The van der Waals surface area contributed by atoms with Crippen molar-refractivity contribution in [2.24, 2.45) is 0 Å². The number of ether oxygens (including phenoxy) is 1. The Kier molecular flexibility index (Phi) is 6.54. The first-order valence-electron chi connectivity index (χ1n) is 7.65. The van der Waals surface area contributed by atoms with Gasteiger partial charge in [-0.25, -0.2) is 13.2 Å². The van der Waals surface area contributed by atoms with Gasteiger partial charge < -0.3 is 10.1 Å². The molecule has 0 saturated carbocycles. The largest absolute Gasteiger partial charge is 0.453 e. The average Bonchev–Trinajstić information content (AvgIpc) is 2.68. The first-order chi connectivity index (χ1) is 12.9. The lowest BCUT2D eigenvalue weighted by Gasteiger charge is -2.09. The number of rotatable bonds is 6. The molecule has 9 heteroatoms. The number of hydrogen-bond acceptors (Lipinski definition) is 5. The molecule has 0 fully saturated rings. The Labute approximate surface area is 157 Å². The van der Waals surface area contributed by atoms with Crippen molar-refractivity contribution in [3.05, 3.63) is 54.1 Å². The summed E-state index contributed by atoms with van der Waals surface area (Å²) in [5, 5.41) is 5.13. The molecule has 3 N–H and O–H groups in total. The first-order valence-corrected chi connectivity index (χ1v) is 9.13. The molecule has 0 heterocycles. The van der Waals surface area contributed by atoms with Gasteiger partial charge in [-0.15, -0.1) is 6.42 Å². The summed E-state index contributed by atoms with van der Waals surface area (Å²) < 4.78 is 30.9. The lowest BCUT2D eigenvalue weighted by atomic mass is 10.2. The summed E-state index contributed by atoms with van der Waals surface area (Å²) in [6.07, 6.45) is 4.44. The molecule has 27 heavy (non-hydrogen) atoms. The zero-order chi connectivity index (χ0) is 19.9. The SMILES string of the molecule is C#CCNS(=O)(=O)c1cccc(C(=O)Nc2ccc(NC(=O)OC)cc2)c1. The van der Waals surface area contributed by atoms with Gasteiger partial charge in [-0.05, 0) is 42.5 Å². The van der Waals surface area contributed by atoms with Crippen LogP contribution in [-0.4, -0.2) is 34.1 Å². The second-order valence-corrected chi connectivity index (χ2v) is 6.97. The van der Waals surface area contributed by atoms with Crippen molar-refractivity contribution in [1.82, 2.24) is 4.72 Å². The Balaban J connectivity index is 2.11. The maximum Gasteiger partial charge on any atom is 0.411 e. The number of methoxy groups -OCH3 is 1. The third kappa shape index (κ3) is 5.57. The monoisotopic (exact) mass is 387 g/mol. The van der Waals surface area contributed by atoms with E-state index in [4.69, 9.17) is 6.42 Å². The molecule has 0 radical (unpaired) electrons. The van der Waals surface area contributed by atoms with Gasteiger partial charge in [0, 0.05) is 16.9 Å². The molecular weight excluding hydrogens is 370 g/mol. The van der Waals surface area contributed by atoms with Crippen molar-refractivity contribution in [2.45, 2.75) is 4.90 Å². The average molecular weight is 387 g/mol. The maximum absolute atomic E-state index is 12.4. The van der Waals surface area contributed by atoms with Crippen LogP contribution in [0.25, 0.3) is 0 Å². The van der Waals surface area contributed by atoms with Crippen LogP contribution in [0.15, 0.2) is 53.4 Å². The highest BCUT2D eigenvalue weighted by Gasteiger charge is 2.15. The van der Waals surface area contributed by atoms with Crippen LogP contribution >= 0.6 is 0 Å². The quantitative estimate of drug-likeness (QED) is 0.657. The van der Waals surface area contributed by atoms with E-state index in [2.05, 4.69) is 26.0 Å². The van der Waals surface area contributed by atoms with Crippen LogP contribution in [-0.2, 0) is 14.8 Å². The number of amides is 2. The van der Waals surface area contributed by atoms with Crippen LogP contribution in [0.5, 0.6) is 0 Å². The summed E-state index contributed by atoms with van der Waals surface area (Å²) in [6.45, 7) is -0.148. The molecule has 8 nitrogen and oxygen atoms in total. The molecule has 0 aliphatic heterocycles. The third-order valence-corrected chi connectivity index (χ3v) is 4.74. The molecule has 0 aromatic heterocycles. The van der Waals surface area contributed by atoms with Gasteiger partial charge in [-0.3, -0.25) is 10.1 Å². The van der Waals surface area contributed by atoms with E-state index >= 15 is 0 Å². The second-order valence-electron chi connectivity index (χ2n) is 5.20. The van der Waals surface area contributed by atoms with Crippen LogP contribution in [0.4, 0.5) is 16.2 Å². The standard InChI is InChI=1S/C18H17N3O5S/c1-3-11-19-27(24,25)16-6-4-5-13(12-16)17(22)20-14-7-9-15(10-8-14)21-18(23)26-2/h1,4-10,12,19H,11H2,2H3,(H,20,22)(H,21,23). The van der Waals surface area contributed by atoms with Gasteiger partial charge in [0.25, 0.3) is 5.91 Å². The van der Waals surface area contributed by atoms with Gasteiger partial charge in [0.15, 0.2) is 0 Å². The van der Waals surface area contributed by atoms with Gasteiger partial charge >= 0.3 is 6.09 Å². The van der Waals surface area contributed by atoms with Gasteiger partial charge in [0.05, 0.1) is 18.6 Å². The van der Waals surface area contributed by atoms with Gasteiger partial charge in [-0.1, -0.05) is 12.0 Å². The summed E-state index contributed by atoms with van der Waals surface area (Å²) in [7, 11) is -2.55. The van der Waals surface area contributed by atoms with Gasteiger partial charge in [0.1, 0.15) is 0 Å². The number of hydrogen-bond donors (Lipinski definition) is 3. The normalized spacial score (nSPS) is 10.5. The number of sulfonamides is 1. The highest BCUT2D eigenvalue weighted by atomic mass is 32.2. The molecule has 0 aliphatic carbocycles. The van der Waals surface area contributed by atoms with E-state index in [-0.39, 0.29) is 17.0 Å². The molecule has 140 valence electrons. The fourth-order valence-corrected chi connectivity index (χ4v) is 3.01. The van der Waals surface area contributed by atoms with Crippen molar-refractivity contribution in [3.63, 3.8) is 0 Å². The third-order valence-electron chi connectivity index (χ3n) is 3.35. The number of benzene rings is 2. The number of anilines is 2. The van der Waals surface area contributed by atoms with Crippen molar-refractivity contribution < 1.29 is 22.7 Å². The van der Waals surface area contributed by atoms with Crippen molar-refractivity contribution in [1.29, 1.82) is 0 Å². The summed E-state index contributed by atoms with van der Waals surface area (Å²) in [5.41, 5.74) is 1.12. The molecule has 0 atom stereocenters. The smallest absolute Gasteiger partial charge is 0.411 e. The van der Waals surface area contributed by atoms with E-state index in [0.29, 0.717) is 11.4 Å². The van der Waals surface area contributed by atoms with E-state index < -0.39 is 22.0 Å². The summed E-state index contributed by atoms with van der Waals surface area (Å²) in [4.78, 5) is 23.4. The molecule has 2 aromatic carbocycles. The zero-order valence-electron chi connectivity index (χ0n) is 14.4. The molecule has 2 aromatic rings. The minimum Gasteiger partial charge on any atom is -0.453 e. The van der Waals surface area contributed by atoms with E-state index in [9.17, 15) is 18.0 Å². The molecule has 0 aliphatic rings. The zero-order valence-corrected chi connectivity index (χ0v) is 15.2. The number of terminal acetylenes is 1. The Morgan fingerprint density at radius 3 is 2.30 bits per heavy atom. The Bertz CT molecular complexity index is 979. The predicted octanol–water partition coefficient (Wildman–Crippen LogP) is 2.03. The van der Waals surface area contributed by atoms with Crippen LogP contribution in [0.3, 0.4) is 0 Å². The second kappa shape index (κ2) is 8.84. The van der Waals surface area contributed by atoms with Crippen LogP contribution in [0, 0.1) is 12.3 Å².